The van der Waals surface area contributed by atoms with Gasteiger partial charge in [0.2, 0.25) is 11.8 Å². The molecular formula is C21H24N4O3. The molecule has 0 saturated heterocycles. The summed E-state index contributed by atoms with van der Waals surface area (Å²) in [4.78, 5) is 16.9. The fourth-order valence-electron chi connectivity index (χ4n) is 3.92. The number of pyridine rings is 1. The lowest BCUT2D eigenvalue weighted by molar-refractivity contribution is -0.122. The largest absolute Gasteiger partial charge is 0.496 e. The number of aromatic nitrogens is 1. The summed E-state index contributed by atoms with van der Waals surface area (Å²) in [6.07, 6.45) is 1.75. The Morgan fingerprint density at radius 2 is 2.18 bits per heavy atom. The second-order valence-electron chi connectivity index (χ2n) is 6.88. The smallest absolute Gasteiger partial charge is 0.223 e. The maximum atomic E-state index is 12.5. The molecule has 3 rings (SSSR count). The van der Waals surface area contributed by atoms with Gasteiger partial charge in [-0.05, 0) is 38.5 Å². The van der Waals surface area contributed by atoms with Gasteiger partial charge < -0.3 is 20.5 Å². The van der Waals surface area contributed by atoms with E-state index in [1.165, 1.54) is 0 Å². The number of primary amides is 1. The van der Waals surface area contributed by atoms with Gasteiger partial charge in [-0.3, -0.25) is 4.79 Å². The second kappa shape index (κ2) is 7.77. The predicted molar refractivity (Wildman–Crippen MR) is 105 cm³/mol. The van der Waals surface area contributed by atoms with Crippen molar-refractivity contribution in [1.29, 1.82) is 5.26 Å². The van der Waals surface area contributed by atoms with Crippen LogP contribution in [-0.4, -0.2) is 30.6 Å². The van der Waals surface area contributed by atoms with Crippen molar-refractivity contribution in [2.24, 2.45) is 11.7 Å². The van der Waals surface area contributed by atoms with Gasteiger partial charge in [0.25, 0.3) is 0 Å². The lowest BCUT2D eigenvalue weighted by Crippen LogP contribution is -2.44. The van der Waals surface area contributed by atoms with Crippen molar-refractivity contribution in [3.05, 3.63) is 46.6 Å². The molecule has 0 bridgehead atoms. The van der Waals surface area contributed by atoms with Gasteiger partial charge in [0.1, 0.15) is 5.75 Å². The molecule has 1 aliphatic rings. The summed E-state index contributed by atoms with van der Waals surface area (Å²) in [5.74, 6) is -0.395. The third-order valence-corrected chi connectivity index (χ3v) is 5.16. The summed E-state index contributed by atoms with van der Waals surface area (Å²) in [7, 11) is 1.54. The van der Waals surface area contributed by atoms with E-state index in [1.807, 2.05) is 26.8 Å². The number of hydrogen-bond acceptors (Lipinski definition) is 6. The molecule has 1 amide bonds. The molecule has 0 aliphatic carbocycles. The molecule has 2 heterocycles. The van der Waals surface area contributed by atoms with Crippen LogP contribution in [0.5, 0.6) is 11.6 Å². The fourth-order valence-corrected chi connectivity index (χ4v) is 3.92. The topological polar surface area (TPSA) is 110 Å². The van der Waals surface area contributed by atoms with Crippen LogP contribution in [0.4, 0.5) is 5.69 Å². The number of fused-ring (bicyclic) bond motifs is 1. The third kappa shape index (κ3) is 3.22. The normalized spacial score (nSPS) is 20.5. The van der Waals surface area contributed by atoms with Crippen LogP contribution < -0.4 is 20.5 Å². The van der Waals surface area contributed by atoms with Crippen LogP contribution in [0.3, 0.4) is 0 Å². The van der Waals surface area contributed by atoms with E-state index in [1.54, 1.807) is 25.4 Å². The number of nitrogens with zero attached hydrogens (tertiary/aromatic N) is 2. The minimum absolute atomic E-state index is 0.203. The number of nitriles is 1. The first-order valence-electron chi connectivity index (χ1n) is 9.19. The number of carbonyl (C=O) groups is 1. The summed E-state index contributed by atoms with van der Waals surface area (Å²) >= 11 is 0. The summed E-state index contributed by atoms with van der Waals surface area (Å²) in [5, 5.41) is 12.6. The van der Waals surface area contributed by atoms with E-state index in [9.17, 15) is 10.1 Å². The highest BCUT2D eigenvalue weighted by atomic mass is 16.5. The molecule has 7 nitrogen and oxygen atoms in total. The molecule has 1 aromatic heterocycles. The van der Waals surface area contributed by atoms with Gasteiger partial charge in [-0.15, -0.1) is 0 Å². The summed E-state index contributed by atoms with van der Waals surface area (Å²) < 4.78 is 11.4. The number of amides is 1. The van der Waals surface area contributed by atoms with Crippen LogP contribution >= 0.6 is 0 Å². The molecule has 146 valence electrons. The van der Waals surface area contributed by atoms with Crippen molar-refractivity contribution in [2.45, 2.75) is 32.7 Å². The lowest BCUT2D eigenvalue weighted by Gasteiger charge is -2.39. The number of carbonyl (C=O) groups excluding carboxylic acids is 1. The van der Waals surface area contributed by atoms with Crippen LogP contribution in [0.1, 0.15) is 42.0 Å². The van der Waals surface area contributed by atoms with E-state index in [-0.39, 0.29) is 6.04 Å². The van der Waals surface area contributed by atoms with Crippen LogP contribution in [-0.2, 0) is 4.79 Å². The first kappa shape index (κ1) is 19.5. The highest BCUT2D eigenvalue weighted by molar-refractivity contribution is 5.83. The minimum atomic E-state index is -0.544. The molecular weight excluding hydrogens is 356 g/mol. The van der Waals surface area contributed by atoms with E-state index in [0.717, 1.165) is 22.4 Å². The molecule has 3 N–H and O–H groups in total. The average Bonchev–Trinajstić information content (AvgIpc) is 2.68. The first-order valence-corrected chi connectivity index (χ1v) is 9.19. The number of methoxy groups -OCH3 is 1. The molecule has 0 saturated carbocycles. The maximum absolute atomic E-state index is 12.5. The van der Waals surface area contributed by atoms with Crippen molar-refractivity contribution in [1.82, 2.24) is 4.98 Å². The van der Waals surface area contributed by atoms with Gasteiger partial charge in [0, 0.05) is 35.0 Å². The van der Waals surface area contributed by atoms with E-state index in [0.29, 0.717) is 23.8 Å². The first-order chi connectivity index (χ1) is 13.4. The second-order valence-corrected chi connectivity index (χ2v) is 6.88. The van der Waals surface area contributed by atoms with E-state index >= 15 is 0 Å². The van der Waals surface area contributed by atoms with Crippen LogP contribution in [0.25, 0.3) is 0 Å². The molecule has 0 spiro atoms. The van der Waals surface area contributed by atoms with Crippen molar-refractivity contribution in [2.75, 3.05) is 19.0 Å². The van der Waals surface area contributed by atoms with Crippen LogP contribution in [0.2, 0.25) is 0 Å². The maximum Gasteiger partial charge on any atom is 0.223 e. The van der Waals surface area contributed by atoms with Crippen LogP contribution in [0, 0.1) is 24.2 Å². The molecule has 28 heavy (non-hydrogen) atoms. The summed E-state index contributed by atoms with van der Waals surface area (Å²) in [5.41, 5.74) is 9.69. The number of nitrogens with one attached hydrogen (secondary N) is 1. The molecule has 1 aliphatic heterocycles. The minimum Gasteiger partial charge on any atom is -0.496 e. The zero-order chi connectivity index (χ0) is 20.4. The number of aryl methyl sites for hydroxylation is 1. The quantitative estimate of drug-likeness (QED) is 0.825. The molecule has 1 aromatic carbocycles. The van der Waals surface area contributed by atoms with E-state index in [2.05, 4.69) is 16.4 Å². The molecule has 0 radical (unpaired) electrons. The zero-order valence-corrected chi connectivity index (χ0v) is 16.4. The Hall–Kier alpha value is -3.27. The Bertz CT molecular complexity index is 951. The van der Waals surface area contributed by atoms with Crippen molar-refractivity contribution in [3.8, 4) is 17.7 Å². The van der Waals surface area contributed by atoms with Crippen LogP contribution in [0.15, 0.2) is 24.4 Å². The zero-order valence-electron chi connectivity index (χ0n) is 16.4. The Balaban J connectivity index is 2.33. The number of hydrogen-bond donors (Lipinski definition) is 2. The fraction of sp³-hybridized carbons (Fsp3) is 0.381. The highest BCUT2D eigenvalue weighted by Crippen LogP contribution is 2.49. The van der Waals surface area contributed by atoms with Gasteiger partial charge in [0.15, 0.2) is 0 Å². The summed E-state index contributed by atoms with van der Waals surface area (Å²) in [6, 6.07) is 7.11. The molecule has 3 atom stereocenters. The molecule has 2 unspecified atom stereocenters. The van der Waals surface area contributed by atoms with Gasteiger partial charge in [-0.2, -0.15) is 5.26 Å². The van der Waals surface area contributed by atoms with Crippen molar-refractivity contribution >= 4 is 11.6 Å². The lowest BCUT2D eigenvalue weighted by atomic mass is 9.73. The Kier molecular flexibility index (Phi) is 5.41. The summed E-state index contributed by atoms with van der Waals surface area (Å²) in [6.45, 7) is 6.22. The number of nitrogens with two attached hydrogens (primary N) is 1. The van der Waals surface area contributed by atoms with Gasteiger partial charge in [-0.25, -0.2) is 4.98 Å². The van der Waals surface area contributed by atoms with Crippen molar-refractivity contribution in [3.63, 3.8) is 0 Å². The Labute approximate surface area is 164 Å². The van der Waals surface area contributed by atoms with E-state index < -0.39 is 17.7 Å². The molecule has 0 fully saturated rings. The molecule has 7 heteroatoms. The number of rotatable bonds is 5. The Morgan fingerprint density at radius 3 is 2.79 bits per heavy atom. The number of anilines is 1. The number of ether oxygens (including phenoxy) is 2. The SMILES string of the molecule is CCOc1ncc(C)c2c1[C@H](c1ccc(C#N)cc1OC)C(C(N)=O)C(C)N2. The van der Waals surface area contributed by atoms with Crippen molar-refractivity contribution < 1.29 is 14.3 Å². The highest BCUT2D eigenvalue weighted by Gasteiger charge is 2.43. The van der Waals surface area contributed by atoms with Gasteiger partial charge in [0.05, 0.1) is 31.3 Å². The predicted octanol–water partition coefficient (Wildman–Crippen LogP) is 2.72. The average molecular weight is 380 g/mol. The number of benzene rings is 1. The standard InChI is InChI=1S/C21H24N4O3/c1-5-28-21-18-17(14-7-6-13(9-22)8-15(14)27-4)16(20(23)26)12(3)25-19(18)11(2)10-24-21/h6-8,10,12,16-17,25H,5H2,1-4H3,(H2,23,26)/t12?,16?,17-/m1/s1. The molecule has 2 aromatic rings. The van der Waals surface area contributed by atoms with Gasteiger partial charge >= 0.3 is 0 Å². The third-order valence-electron chi connectivity index (χ3n) is 5.16. The van der Waals surface area contributed by atoms with Gasteiger partial charge in [-0.1, -0.05) is 6.07 Å². The van der Waals surface area contributed by atoms with E-state index in [4.69, 9.17) is 15.2 Å². The monoisotopic (exact) mass is 380 g/mol. The Morgan fingerprint density at radius 1 is 1.43 bits per heavy atom.